The monoisotopic (exact) mass is 113 g/mol. The summed E-state index contributed by atoms with van der Waals surface area (Å²) in [4.78, 5) is 3.82. The van der Waals surface area contributed by atoms with Crippen LogP contribution < -0.4 is 0 Å². The van der Waals surface area contributed by atoms with Gasteiger partial charge in [-0.3, -0.25) is 4.99 Å². The zero-order valence-electron chi connectivity index (χ0n) is 5.35. The first kappa shape index (κ1) is 7.21. The fraction of sp³-hybridized carbons (Fsp3) is 0.500. The summed E-state index contributed by atoms with van der Waals surface area (Å²) in [5.41, 5.74) is 0. The van der Waals surface area contributed by atoms with Crippen molar-refractivity contribution in [3.05, 3.63) is 12.8 Å². The van der Waals surface area contributed by atoms with Crippen molar-refractivity contribution in [1.82, 2.24) is 0 Å². The van der Waals surface area contributed by atoms with E-state index >= 15 is 0 Å². The van der Waals surface area contributed by atoms with E-state index in [1.54, 1.807) is 7.05 Å². The molecule has 0 aromatic carbocycles. The van der Waals surface area contributed by atoms with Gasteiger partial charge in [0.05, 0.1) is 6.26 Å². The molecule has 0 unspecified atom stereocenters. The highest BCUT2D eigenvalue weighted by Crippen LogP contribution is 1.86. The van der Waals surface area contributed by atoms with Gasteiger partial charge in [-0.1, -0.05) is 13.5 Å². The summed E-state index contributed by atoms with van der Waals surface area (Å²) in [7, 11) is 1.70. The Labute approximate surface area is 49.9 Å². The van der Waals surface area contributed by atoms with Crippen LogP contribution >= 0.6 is 0 Å². The van der Waals surface area contributed by atoms with Crippen molar-refractivity contribution in [1.29, 1.82) is 0 Å². The van der Waals surface area contributed by atoms with Gasteiger partial charge in [0.25, 0.3) is 0 Å². The molecule has 0 atom stereocenters. The summed E-state index contributed by atoms with van der Waals surface area (Å²) < 4.78 is 4.85. The predicted octanol–water partition coefficient (Wildman–Crippen LogP) is 1.58. The van der Waals surface area contributed by atoms with Gasteiger partial charge in [-0.25, -0.2) is 0 Å². The molecule has 0 aromatic heterocycles. The second-order valence-electron chi connectivity index (χ2n) is 1.26. The molecule has 0 fully saturated rings. The zero-order chi connectivity index (χ0) is 6.41. The first-order valence-electron chi connectivity index (χ1n) is 2.58. The second-order valence-corrected chi connectivity index (χ2v) is 1.26. The van der Waals surface area contributed by atoms with E-state index in [-0.39, 0.29) is 0 Å². The highest BCUT2D eigenvalue weighted by atomic mass is 16.5. The van der Waals surface area contributed by atoms with E-state index in [9.17, 15) is 0 Å². The third-order valence-corrected chi connectivity index (χ3v) is 0.771. The molecular weight excluding hydrogens is 102 g/mol. The molecule has 2 heteroatoms. The highest BCUT2D eigenvalue weighted by Gasteiger charge is 1.87. The Bertz CT molecular complexity index is 96.7. The van der Waals surface area contributed by atoms with E-state index in [0.717, 1.165) is 12.3 Å². The number of aliphatic imine (C=N–C) groups is 1. The Morgan fingerprint density at radius 3 is 2.62 bits per heavy atom. The summed E-state index contributed by atoms with van der Waals surface area (Å²) in [6.07, 6.45) is 2.20. The quantitative estimate of drug-likeness (QED) is 0.302. The molecule has 0 saturated heterocycles. The fourth-order valence-electron chi connectivity index (χ4n) is 0.390. The van der Waals surface area contributed by atoms with Crippen LogP contribution in [-0.2, 0) is 4.74 Å². The Balaban J connectivity index is 3.53. The zero-order valence-corrected chi connectivity index (χ0v) is 5.35. The summed E-state index contributed by atoms with van der Waals surface area (Å²) in [5.74, 6) is 0.722. The van der Waals surface area contributed by atoms with E-state index in [4.69, 9.17) is 4.74 Å². The molecule has 2 nitrogen and oxygen atoms in total. The number of rotatable bonds is 2. The molecule has 0 radical (unpaired) electrons. The first-order valence-corrected chi connectivity index (χ1v) is 2.58. The minimum absolute atomic E-state index is 0.722. The van der Waals surface area contributed by atoms with Crippen LogP contribution in [0.1, 0.15) is 13.3 Å². The maximum Gasteiger partial charge on any atom is 0.188 e. The Hall–Kier alpha value is -0.790. The average Bonchev–Trinajstić information content (AvgIpc) is 1.83. The molecule has 0 aliphatic heterocycles. The molecule has 46 valence electrons. The first-order chi connectivity index (χ1) is 3.85. The lowest BCUT2D eigenvalue weighted by atomic mass is 10.5. The molecule has 0 aliphatic rings. The second kappa shape index (κ2) is 4.37. The van der Waals surface area contributed by atoms with E-state index in [1.165, 1.54) is 6.26 Å². The van der Waals surface area contributed by atoms with Crippen molar-refractivity contribution in [2.45, 2.75) is 13.3 Å². The minimum Gasteiger partial charge on any atom is -0.452 e. The largest absolute Gasteiger partial charge is 0.452 e. The lowest BCUT2D eigenvalue weighted by Crippen LogP contribution is -1.95. The maximum atomic E-state index is 4.85. The van der Waals surface area contributed by atoms with Gasteiger partial charge < -0.3 is 4.74 Å². The lowest BCUT2D eigenvalue weighted by Gasteiger charge is -1.96. The van der Waals surface area contributed by atoms with Gasteiger partial charge in [-0.05, 0) is 0 Å². The van der Waals surface area contributed by atoms with Gasteiger partial charge in [-0.2, -0.15) is 0 Å². The smallest absolute Gasteiger partial charge is 0.188 e. The summed E-state index contributed by atoms with van der Waals surface area (Å²) in [6, 6.07) is 0. The topological polar surface area (TPSA) is 21.6 Å². The molecule has 0 N–H and O–H groups in total. The molecule has 0 heterocycles. The molecule has 0 bridgehead atoms. The number of hydrogen-bond donors (Lipinski definition) is 0. The number of nitrogens with zero attached hydrogens (tertiary/aromatic N) is 1. The molecule has 0 rings (SSSR count). The van der Waals surface area contributed by atoms with Gasteiger partial charge in [0.1, 0.15) is 0 Å². The van der Waals surface area contributed by atoms with Crippen LogP contribution in [0.15, 0.2) is 17.8 Å². The van der Waals surface area contributed by atoms with Crippen LogP contribution in [0.3, 0.4) is 0 Å². The van der Waals surface area contributed by atoms with Crippen LogP contribution in [-0.4, -0.2) is 12.9 Å². The number of hydrogen-bond acceptors (Lipinski definition) is 2. The number of ether oxygens (including phenoxy) is 1. The molecule has 0 aliphatic carbocycles. The molecule has 0 aromatic rings. The maximum absolute atomic E-state index is 4.85. The van der Waals surface area contributed by atoms with Gasteiger partial charge in [0.2, 0.25) is 0 Å². The standard InChI is InChI=1S/C6H11NO/c1-4-6(7-3)8-5-2/h5H,2,4H2,1,3H3. The molecular formula is C6H11NO. The Morgan fingerprint density at radius 2 is 2.50 bits per heavy atom. The third-order valence-electron chi connectivity index (χ3n) is 0.771. The van der Waals surface area contributed by atoms with Crippen molar-refractivity contribution in [3.63, 3.8) is 0 Å². The van der Waals surface area contributed by atoms with Gasteiger partial charge >= 0.3 is 0 Å². The Kier molecular flexibility index (Phi) is 3.94. The Morgan fingerprint density at radius 1 is 1.88 bits per heavy atom. The van der Waals surface area contributed by atoms with Crippen molar-refractivity contribution in [2.24, 2.45) is 4.99 Å². The average molecular weight is 113 g/mol. The van der Waals surface area contributed by atoms with E-state index < -0.39 is 0 Å². The minimum atomic E-state index is 0.722. The van der Waals surface area contributed by atoms with Gasteiger partial charge in [-0.15, -0.1) is 0 Å². The van der Waals surface area contributed by atoms with Gasteiger partial charge in [0, 0.05) is 13.5 Å². The molecule has 0 saturated carbocycles. The fourth-order valence-corrected chi connectivity index (χ4v) is 0.390. The summed E-state index contributed by atoms with van der Waals surface area (Å²) in [6.45, 7) is 5.37. The van der Waals surface area contributed by atoms with Crippen LogP contribution in [0, 0.1) is 0 Å². The van der Waals surface area contributed by atoms with Crippen LogP contribution in [0.5, 0.6) is 0 Å². The lowest BCUT2D eigenvalue weighted by molar-refractivity contribution is 0.460. The predicted molar refractivity (Wildman–Crippen MR) is 34.9 cm³/mol. The van der Waals surface area contributed by atoms with E-state index in [0.29, 0.717) is 0 Å². The van der Waals surface area contributed by atoms with Crippen LogP contribution in [0.2, 0.25) is 0 Å². The van der Waals surface area contributed by atoms with Crippen molar-refractivity contribution in [3.8, 4) is 0 Å². The molecule has 0 amide bonds. The SMILES string of the molecule is C=COC(CC)=NC. The highest BCUT2D eigenvalue weighted by molar-refractivity contribution is 5.75. The van der Waals surface area contributed by atoms with E-state index in [1.807, 2.05) is 6.92 Å². The third kappa shape index (κ3) is 2.39. The summed E-state index contributed by atoms with van der Waals surface area (Å²) in [5, 5.41) is 0. The van der Waals surface area contributed by atoms with Crippen molar-refractivity contribution < 1.29 is 4.74 Å². The molecule has 8 heavy (non-hydrogen) atoms. The summed E-state index contributed by atoms with van der Waals surface area (Å²) >= 11 is 0. The molecule has 0 spiro atoms. The normalized spacial score (nSPS) is 11.0. The van der Waals surface area contributed by atoms with Crippen molar-refractivity contribution >= 4 is 5.90 Å². The van der Waals surface area contributed by atoms with Crippen LogP contribution in [0.4, 0.5) is 0 Å². The van der Waals surface area contributed by atoms with Crippen LogP contribution in [0.25, 0.3) is 0 Å². The van der Waals surface area contributed by atoms with Gasteiger partial charge in [0.15, 0.2) is 5.90 Å². The van der Waals surface area contributed by atoms with E-state index in [2.05, 4.69) is 11.6 Å². The van der Waals surface area contributed by atoms with Crippen molar-refractivity contribution in [2.75, 3.05) is 7.05 Å².